The summed E-state index contributed by atoms with van der Waals surface area (Å²) in [6, 6.07) is 8.93. The summed E-state index contributed by atoms with van der Waals surface area (Å²) in [6.07, 6.45) is 5.22. The van der Waals surface area contributed by atoms with Crippen LogP contribution < -0.4 is 5.43 Å². The smallest absolute Gasteiger partial charge is 0.182 e. The minimum absolute atomic E-state index is 0.0148. The van der Waals surface area contributed by atoms with Gasteiger partial charge in [-0.15, -0.1) is 0 Å². The number of hydrogen-bond donors (Lipinski definition) is 0. The molecule has 0 radical (unpaired) electrons. The summed E-state index contributed by atoms with van der Waals surface area (Å²) in [7, 11) is 1.90. The standard InChI is InChI=1S/C15H11ClN2O/c1-18-5-3-12(19)8-15(18)11-6-10-2-4-17-9-13(10)14(16)7-11/h2-9H,1H3. The Morgan fingerprint density at radius 2 is 2.05 bits per heavy atom. The van der Waals surface area contributed by atoms with E-state index >= 15 is 0 Å². The fraction of sp³-hybridized carbons (Fsp3) is 0.0667. The number of hydrogen-bond acceptors (Lipinski definition) is 2. The monoisotopic (exact) mass is 270 g/mol. The summed E-state index contributed by atoms with van der Waals surface area (Å²) in [4.78, 5) is 15.6. The molecule has 0 aliphatic rings. The highest BCUT2D eigenvalue weighted by molar-refractivity contribution is 6.35. The third-order valence-electron chi connectivity index (χ3n) is 3.12. The van der Waals surface area contributed by atoms with Crippen LogP contribution >= 0.6 is 11.6 Å². The van der Waals surface area contributed by atoms with E-state index in [1.807, 2.05) is 29.8 Å². The van der Waals surface area contributed by atoms with Crippen molar-refractivity contribution in [1.29, 1.82) is 0 Å². The van der Waals surface area contributed by atoms with E-state index in [0.717, 1.165) is 22.0 Å². The Morgan fingerprint density at radius 3 is 2.89 bits per heavy atom. The van der Waals surface area contributed by atoms with Gasteiger partial charge in [-0.25, -0.2) is 0 Å². The van der Waals surface area contributed by atoms with Crippen LogP contribution in [0.4, 0.5) is 0 Å². The summed E-state index contributed by atoms with van der Waals surface area (Å²) < 4.78 is 1.90. The Hall–Kier alpha value is -2.13. The first-order chi connectivity index (χ1) is 9.15. The molecule has 2 aromatic heterocycles. The van der Waals surface area contributed by atoms with Gasteiger partial charge in [-0.1, -0.05) is 11.6 Å². The van der Waals surface area contributed by atoms with Crippen LogP contribution in [-0.2, 0) is 7.05 Å². The van der Waals surface area contributed by atoms with E-state index in [0.29, 0.717) is 5.02 Å². The number of aromatic nitrogens is 2. The first-order valence-corrected chi connectivity index (χ1v) is 6.23. The number of rotatable bonds is 1. The molecule has 0 aliphatic carbocycles. The Balaban J connectivity index is 2.31. The molecule has 0 unspecified atom stereocenters. The van der Waals surface area contributed by atoms with Gasteiger partial charge in [-0.3, -0.25) is 9.78 Å². The largest absolute Gasteiger partial charge is 0.350 e. The third kappa shape index (κ3) is 2.13. The lowest BCUT2D eigenvalue weighted by Gasteiger charge is -2.10. The van der Waals surface area contributed by atoms with E-state index in [1.54, 1.807) is 24.7 Å². The molecule has 0 spiro atoms. The van der Waals surface area contributed by atoms with E-state index in [9.17, 15) is 4.79 Å². The van der Waals surface area contributed by atoms with Gasteiger partial charge in [0.15, 0.2) is 5.43 Å². The highest BCUT2D eigenvalue weighted by Gasteiger charge is 2.06. The molecule has 3 nitrogen and oxygen atoms in total. The second-order valence-electron chi connectivity index (χ2n) is 4.41. The molecule has 0 atom stereocenters. The molecule has 0 saturated carbocycles. The quantitative estimate of drug-likeness (QED) is 0.680. The van der Waals surface area contributed by atoms with Crippen LogP contribution in [-0.4, -0.2) is 9.55 Å². The summed E-state index contributed by atoms with van der Waals surface area (Å²) in [5.74, 6) is 0. The average Bonchev–Trinajstić information content (AvgIpc) is 2.41. The fourth-order valence-corrected chi connectivity index (χ4v) is 2.41. The fourth-order valence-electron chi connectivity index (χ4n) is 2.14. The summed E-state index contributed by atoms with van der Waals surface area (Å²) in [5.41, 5.74) is 1.75. The normalized spacial score (nSPS) is 10.8. The van der Waals surface area contributed by atoms with Crippen LogP contribution in [0, 0.1) is 0 Å². The predicted molar refractivity (Wildman–Crippen MR) is 77.4 cm³/mol. The van der Waals surface area contributed by atoms with Crippen LogP contribution in [0.3, 0.4) is 0 Å². The lowest BCUT2D eigenvalue weighted by Crippen LogP contribution is -2.04. The predicted octanol–water partition coefficient (Wildman–Crippen LogP) is 3.25. The number of fused-ring (bicyclic) bond motifs is 1. The molecule has 0 fully saturated rings. The lowest BCUT2D eigenvalue weighted by atomic mass is 10.1. The van der Waals surface area contributed by atoms with Gasteiger partial charge >= 0.3 is 0 Å². The zero-order valence-corrected chi connectivity index (χ0v) is 11.1. The van der Waals surface area contributed by atoms with Gasteiger partial charge in [0.05, 0.1) is 10.7 Å². The maximum atomic E-state index is 11.5. The first kappa shape index (κ1) is 11.9. The van der Waals surface area contributed by atoms with Crippen LogP contribution in [0.5, 0.6) is 0 Å². The highest BCUT2D eigenvalue weighted by Crippen LogP contribution is 2.29. The van der Waals surface area contributed by atoms with Crippen molar-refractivity contribution >= 4 is 22.4 Å². The van der Waals surface area contributed by atoms with Gasteiger partial charge in [0.25, 0.3) is 0 Å². The number of benzene rings is 1. The van der Waals surface area contributed by atoms with Crippen molar-refractivity contribution in [2.45, 2.75) is 0 Å². The minimum atomic E-state index is -0.0148. The SMILES string of the molecule is Cn1ccc(=O)cc1-c1cc(Cl)c2cnccc2c1. The molecule has 3 aromatic rings. The Kier molecular flexibility index (Phi) is 2.84. The topological polar surface area (TPSA) is 34.9 Å². The Bertz CT molecular complexity index is 824. The second-order valence-corrected chi connectivity index (χ2v) is 4.82. The van der Waals surface area contributed by atoms with E-state index in [4.69, 9.17) is 11.6 Å². The van der Waals surface area contributed by atoms with E-state index in [2.05, 4.69) is 4.98 Å². The second kappa shape index (κ2) is 4.52. The Morgan fingerprint density at radius 1 is 1.21 bits per heavy atom. The van der Waals surface area contributed by atoms with Gasteiger partial charge in [0, 0.05) is 48.7 Å². The molecule has 4 heteroatoms. The molecule has 3 rings (SSSR count). The van der Waals surface area contributed by atoms with Gasteiger partial charge in [0.1, 0.15) is 0 Å². The van der Waals surface area contributed by atoms with Crippen LogP contribution in [0.15, 0.2) is 53.7 Å². The minimum Gasteiger partial charge on any atom is -0.350 e. The molecule has 94 valence electrons. The third-order valence-corrected chi connectivity index (χ3v) is 3.44. The van der Waals surface area contributed by atoms with Crippen LogP contribution in [0.25, 0.3) is 22.0 Å². The van der Waals surface area contributed by atoms with Gasteiger partial charge < -0.3 is 4.57 Å². The number of nitrogens with zero attached hydrogens (tertiary/aromatic N) is 2. The molecular formula is C15H11ClN2O. The van der Waals surface area contributed by atoms with Crippen LogP contribution in [0.2, 0.25) is 5.02 Å². The molecule has 0 bridgehead atoms. The van der Waals surface area contributed by atoms with Crippen molar-refractivity contribution in [3.63, 3.8) is 0 Å². The summed E-state index contributed by atoms with van der Waals surface area (Å²) in [5, 5.41) is 2.56. The first-order valence-electron chi connectivity index (χ1n) is 5.85. The van der Waals surface area contributed by atoms with E-state index < -0.39 is 0 Å². The maximum Gasteiger partial charge on any atom is 0.182 e. The lowest BCUT2D eigenvalue weighted by molar-refractivity contribution is 0.911. The maximum absolute atomic E-state index is 11.5. The molecule has 0 aliphatic heterocycles. The molecule has 0 saturated heterocycles. The van der Waals surface area contributed by atoms with Crippen molar-refractivity contribution in [1.82, 2.24) is 9.55 Å². The van der Waals surface area contributed by atoms with Gasteiger partial charge in [-0.05, 0) is 23.6 Å². The van der Waals surface area contributed by atoms with Crippen molar-refractivity contribution in [3.8, 4) is 11.3 Å². The zero-order chi connectivity index (χ0) is 13.4. The van der Waals surface area contributed by atoms with Gasteiger partial charge in [0.2, 0.25) is 0 Å². The van der Waals surface area contributed by atoms with Crippen molar-refractivity contribution in [3.05, 3.63) is 64.2 Å². The number of aryl methyl sites for hydroxylation is 1. The molecular weight excluding hydrogens is 260 g/mol. The highest BCUT2D eigenvalue weighted by atomic mass is 35.5. The zero-order valence-electron chi connectivity index (χ0n) is 10.3. The molecule has 2 heterocycles. The van der Waals surface area contributed by atoms with Crippen molar-refractivity contribution in [2.75, 3.05) is 0 Å². The summed E-state index contributed by atoms with van der Waals surface area (Å²) in [6.45, 7) is 0. The number of pyridine rings is 2. The molecule has 0 N–H and O–H groups in total. The van der Waals surface area contributed by atoms with Crippen molar-refractivity contribution in [2.24, 2.45) is 7.05 Å². The number of halogens is 1. The van der Waals surface area contributed by atoms with Gasteiger partial charge in [-0.2, -0.15) is 0 Å². The van der Waals surface area contributed by atoms with E-state index in [1.165, 1.54) is 6.07 Å². The van der Waals surface area contributed by atoms with Crippen LogP contribution in [0.1, 0.15) is 0 Å². The average molecular weight is 271 g/mol. The molecule has 1 aromatic carbocycles. The Labute approximate surface area is 115 Å². The molecule has 19 heavy (non-hydrogen) atoms. The summed E-state index contributed by atoms with van der Waals surface area (Å²) >= 11 is 6.28. The molecule has 0 amide bonds. The van der Waals surface area contributed by atoms with E-state index in [-0.39, 0.29) is 5.43 Å². The van der Waals surface area contributed by atoms with Crippen molar-refractivity contribution < 1.29 is 0 Å².